The van der Waals surface area contributed by atoms with Crippen LogP contribution in [0.4, 0.5) is 0 Å². The van der Waals surface area contributed by atoms with Crippen molar-refractivity contribution in [3.8, 4) is 0 Å². The van der Waals surface area contributed by atoms with Crippen LogP contribution in [0.1, 0.15) is 18.2 Å². The van der Waals surface area contributed by atoms with Crippen molar-refractivity contribution in [1.82, 2.24) is 9.88 Å². The van der Waals surface area contributed by atoms with Gasteiger partial charge in [0.15, 0.2) is 0 Å². The van der Waals surface area contributed by atoms with Gasteiger partial charge in [0.2, 0.25) is 0 Å². The summed E-state index contributed by atoms with van der Waals surface area (Å²) in [6.07, 6.45) is 3.19. The molecule has 1 aliphatic rings. The van der Waals surface area contributed by atoms with E-state index in [0.29, 0.717) is 13.2 Å². The number of pyridine rings is 1. The van der Waals surface area contributed by atoms with E-state index in [2.05, 4.69) is 36.0 Å². The molecule has 1 aliphatic heterocycles. The van der Waals surface area contributed by atoms with Gasteiger partial charge in [-0.3, -0.25) is 9.88 Å². The molecule has 4 heteroatoms. The molecule has 1 aromatic rings. The average molecular weight is 250 g/mol. The molecule has 18 heavy (non-hydrogen) atoms. The molecule has 1 atom stereocenters. The van der Waals surface area contributed by atoms with Crippen LogP contribution in [0.5, 0.6) is 0 Å². The average Bonchev–Trinajstić information content (AvgIpc) is 2.40. The lowest BCUT2D eigenvalue weighted by Crippen LogP contribution is -2.38. The van der Waals surface area contributed by atoms with Gasteiger partial charge in [-0.05, 0) is 25.1 Å². The van der Waals surface area contributed by atoms with E-state index in [1.54, 1.807) is 0 Å². The Morgan fingerprint density at radius 2 is 2.28 bits per heavy atom. The van der Waals surface area contributed by atoms with Gasteiger partial charge in [-0.2, -0.15) is 0 Å². The molecule has 1 saturated heterocycles. The monoisotopic (exact) mass is 250 g/mol. The summed E-state index contributed by atoms with van der Waals surface area (Å²) in [4.78, 5) is 6.70. The van der Waals surface area contributed by atoms with Crippen LogP contribution in [0.15, 0.2) is 18.3 Å². The maximum atomic E-state index is 5.64. The molecule has 100 valence electrons. The Morgan fingerprint density at radius 3 is 2.89 bits per heavy atom. The molecule has 0 N–H and O–H groups in total. The number of aryl methyl sites for hydroxylation is 1. The zero-order chi connectivity index (χ0) is 12.8. The van der Waals surface area contributed by atoms with Crippen molar-refractivity contribution < 1.29 is 9.47 Å². The van der Waals surface area contributed by atoms with Crippen molar-refractivity contribution >= 4 is 0 Å². The van der Waals surface area contributed by atoms with Crippen molar-refractivity contribution in [2.24, 2.45) is 0 Å². The molecule has 0 unspecified atom stereocenters. The number of hydrogen-bond donors (Lipinski definition) is 0. The number of aromatic nitrogens is 1. The van der Waals surface area contributed by atoms with E-state index in [0.717, 1.165) is 31.8 Å². The second-order valence-corrected chi connectivity index (χ2v) is 4.78. The van der Waals surface area contributed by atoms with Gasteiger partial charge >= 0.3 is 0 Å². The summed E-state index contributed by atoms with van der Waals surface area (Å²) in [5.41, 5.74) is 2.39. The lowest BCUT2D eigenvalue weighted by molar-refractivity contribution is -0.0963. The second-order valence-electron chi connectivity index (χ2n) is 4.78. The summed E-state index contributed by atoms with van der Waals surface area (Å²) in [6, 6.07) is 4.25. The van der Waals surface area contributed by atoms with E-state index in [1.165, 1.54) is 5.56 Å². The molecule has 2 rings (SSSR count). The fourth-order valence-corrected chi connectivity index (χ4v) is 2.09. The molecular formula is C14H22N2O2. The van der Waals surface area contributed by atoms with Crippen LogP contribution in [0.3, 0.4) is 0 Å². The van der Waals surface area contributed by atoms with Crippen LogP contribution >= 0.6 is 0 Å². The fraction of sp³-hybridized carbons (Fsp3) is 0.643. The predicted molar refractivity (Wildman–Crippen MR) is 70.5 cm³/mol. The van der Waals surface area contributed by atoms with Gasteiger partial charge in [0.05, 0.1) is 31.6 Å². The number of hydrogen-bond acceptors (Lipinski definition) is 4. The lowest BCUT2D eigenvalue weighted by atomic mass is 10.2. The Kier molecular flexibility index (Phi) is 5.11. The molecule has 0 radical (unpaired) electrons. The fourth-order valence-electron chi connectivity index (χ4n) is 2.09. The Hall–Kier alpha value is -0.970. The van der Waals surface area contributed by atoms with Crippen molar-refractivity contribution in [3.05, 3.63) is 29.6 Å². The summed E-state index contributed by atoms with van der Waals surface area (Å²) < 4.78 is 11.0. The minimum Gasteiger partial charge on any atom is -0.376 e. The first-order valence-electron chi connectivity index (χ1n) is 6.59. The van der Waals surface area contributed by atoms with Crippen LogP contribution < -0.4 is 0 Å². The molecule has 0 amide bonds. The third-order valence-electron chi connectivity index (χ3n) is 3.13. The van der Waals surface area contributed by atoms with Gasteiger partial charge in [0.25, 0.3) is 0 Å². The molecule has 0 saturated carbocycles. The largest absolute Gasteiger partial charge is 0.376 e. The topological polar surface area (TPSA) is 34.6 Å². The smallest absolute Gasteiger partial charge is 0.0936 e. The van der Waals surface area contributed by atoms with Crippen molar-refractivity contribution in [2.45, 2.75) is 26.0 Å². The Morgan fingerprint density at radius 1 is 1.39 bits per heavy atom. The normalized spacial score (nSPS) is 20.3. The van der Waals surface area contributed by atoms with Gasteiger partial charge < -0.3 is 9.47 Å². The van der Waals surface area contributed by atoms with Gasteiger partial charge in [-0.1, -0.05) is 13.0 Å². The summed E-state index contributed by atoms with van der Waals surface area (Å²) in [6.45, 7) is 6.01. The van der Waals surface area contributed by atoms with Crippen molar-refractivity contribution in [3.63, 3.8) is 0 Å². The zero-order valence-corrected chi connectivity index (χ0v) is 11.3. The summed E-state index contributed by atoms with van der Waals surface area (Å²) >= 11 is 0. The first kappa shape index (κ1) is 13.5. The number of nitrogens with zero attached hydrogens (tertiary/aromatic N) is 2. The van der Waals surface area contributed by atoms with E-state index in [-0.39, 0.29) is 6.10 Å². The lowest BCUT2D eigenvalue weighted by Gasteiger charge is -2.27. The van der Waals surface area contributed by atoms with Gasteiger partial charge in [-0.25, -0.2) is 0 Å². The molecule has 1 fully saturated rings. The van der Waals surface area contributed by atoms with E-state index in [1.807, 2.05) is 6.20 Å². The summed E-state index contributed by atoms with van der Waals surface area (Å²) in [5.74, 6) is 0. The van der Waals surface area contributed by atoms with Crippen LogP contribution in [0.2, 0.25) is 0 Å². The molecular weight excluding hydrogens is 228 g/mol. The Balaban J connectivity index is 1.80. The van der Waals surface area contributed by atoms with Crippen LogP contribution in [0, 0.1) is 0 Å². The summed E-state index contributed by atoms with van der Waals surface area (Å²) in [5, 5.41) is 0. The van der Waals surface area contributed by atoms with Crippen LogP contribution in [0.25, 0.3) is 0 Å². The molecule has 2 heterocycles. The van der Waals surface area contributed by atoms with E-state index < -0.39 is 0 Å². The highest BCUT2D eigenvalue weighted by molar-refractivity contribution is 5.13. The molecule has 0 spiro atoms. The second kappa shape index (κ2) is 6.83. The minimum atomic E-state index is 0.193. The summed E-state index contributed by atoms with van der Waals surface area (Å²) in [7, 11) is 2.09. The van der Waals surface area contributed by atoms with E-state index >= 15 is 0 Å². The number of likely N-dealkylation sites (N-methyl/N-ethyl adjacent to an activating group) is 1. The first-order valence-corrected chi connectivity index (χ1v) is 6.59. The maximum Gasteiger partial charge on any atom is 0.0936 e. The zero-order valence-electron chi connectivity index (χ0n) is 11.3. The molecule has 4 nitrogen and oxygen atoms in total. The van der Waals surface area contributed by atoms with E-state index in [4.69, 9.17) is 9.47 Å². The highest BCUT2D eigenvalue weighted by Crippen LogP contribution is 2.07. The van der Waals surface area contributed by atoms with Crippen molar-refractivity contribution in [1.29, 1.82) is 0 Å². The maximum absolute atomic E-state index is 5.64. The van der Waals surface area contributed by atoms with Crippen LogP contribution in [-0.4, -0.2) is 49.4 Å². The van der Waals surface area contributed by atoms with Crippen molar-refractivity contribution in [2.75, 3.05) is 33.4 Å². The highest BCUT2D eigenvalue weighted by Gasteiger charge is 2.16. The third-order valence-corrected chi connectivity index (χ3v) is 3.13. The quantitative estimate of drug-likeness (QED) is 0.793. The van der Waals surface area contributed by atoms with E-state index in [9.17, 15) is 0 Å². The van der Waals surface area contributed by atoms with Gasteiger partial charge in [-0.15, -0.1) is 0 Å². The van der Waals surface area contributed by atoms with Crippen LogP contribution in [-0.2, 0) is 22.4 Å². The molecule has 0 aliphatic carbocycles. The molecule has 1 aromatic heterocycles. The van der Waals surface area contributed by atoms with Gasteiger partial charge in [0.1, 0.15) is 0 Å². The number of rotatable bonds is 5. The first-order chi connectivity index (χ1) is 8.78. The minimum absolute atomic E-state index is 0.193. The standard InChI is InChI=1S/C14H22N2O2/c1-3-12-4-5-13(15-8-12)9-16(2)10-14-11-17-6-7-18-14/h4-5,8,14H,3,6-7,9-11H2,1-2H3/t14-/m1/s1. The molecule has 0 aromatic carbocycles. The third kappa shape index (κ3) is 4.05. The predicted octanol–water partition coefficient (Wildman–Crippen LogP) is 1.49. The molecule has 0 bridgehead atoms. The highest BCUT2D eigenvalue weighted by atomic mass is 16.6. The Bertz CT molecular complexity index is 347. The number of ether oxygens (including phenoxy) is 2. The Labute approximate surface area is 109 Å². The SMILES string of the molecule is CCc1ccc(CN(C)C[C@@H]2COCCO2)nc1. The van der Waals surface area contributed by atoms with Gasteiger partial charge in [0, 0.05) is 19.3 Å².